The minimum atomic E-state index is -2.08. The van der Waals surface area contributed by atoms with Crippen LogP contribution in [-0.2, 0) is 5.41 Å². The first-order valence-corrected chi connectivity index (χ1v) is 5.62. The maximum absolute atomic E-state index is 7.37. The van der Waals surface area contributed by atoms with Gasteiger partial charge in [0.05, 0.1) is 0 Å². The summed E-state index contributed by atoms with van der Waals surface area (Å²) in [6, 6.07) is 8.62. The van der Waals surface area contributed by atoms with Crippen molar-refractivity contribution >= 4 is 0 Å². The van der Waals surface area contributed by atoms with E-state index < -0.39 is 6.85 Å². The van der Waals surface area contributed by atoms with Gasteiger partial charge in [0.1, 0.15) is 0 Å². The molecule has 0 atom stereocenters. The van der Waals surface area contributed by atoms with Crippen LogP contribution >= 0.6 is 0 Å². The summed E-state index contributed by atoms with van der Waals surface area (Å²) in [5, 5.41) is 0. The lowest BCUT2D eigenvalue weighted by Crippen LogP contribution is -2.14. The van der Waals surface area contributed by atoms with Gasteiger partial charge in [0.2, 0.25) is 0 Å². The van der Waals surface area contributed by atoms with Crippen LogP contribution in [0, 0.1) is 6.85 Å². The van der Waals surface area contributed by atoms with Crippen LogP contribution in [0.15, 0.2) is 36.5 Å². The van der Waals surface area contributed by atoms with E-state index in [1.165, 1.54) is 0 Å². The highest BCUT2D eigenvalue weighted by Crippen LogP contribution is 2.22. The molecule has 0 saturated heterocycles. The maximum atomic E-state index is 7.37. The molecule has 1 aromatic carbocycles. The van der Waals surface area contributed by atoms with Crippen molar-refractivity contribution in [3.63, 3.8) is 0 Å². The van der Waals surface area contributed by atoms with Crippen molar-refractivity contribution < 1.29 is 4.11 Å². The van der Waals surface area contributed by atoms with Crippen LogP contribution in [0.25, 0.3) is 11.4 Å². The highest BCUT2D eigenvalue weighted by Gasteiger charge is 2.16. The van der Waals surface area contributed by atoms with E-state index in [1.54, 1.807) is 30.5 Å². The predicted octanol–water partition coefficient (Wildman–Crippen LogP) is 3.75. The fourth-order valence-corrected chi connectivity index (χ4v) is 1.53. The number of rotatable bonds is 1. The van der Waals surface area contributed by atoms with Gasteiger partial charge in [-0.15, -0.1) is 0 Å². The third-order valence-electron chi connectivity index (χ3n) is 2.57. The molecule has 0 amide bonds. The van der Waals surface area contributed by atoms with E-state index in [9.17, 15) is 0 Å². The highest BCUT2D eigenvalue weighted by molar-refractivity contribution is 5.55. The zero-order chi connectivity index (χ0) is 15.0. The third-order valence-corrected chi connectivity index (χ3v) is 2.57. The average Bonchev–Trinajstić information content (AvgIpc) is 2.37. The van der Waals surface area contributed by atoms with Gasteiger partial charge in [-0.2, -0.15) is 0 Å². The molecular formula is C15H18N2. The second-order valence-electron chi connectivity index (χ2n) is 5.09. The molecule has 2 aromatic rings. The van der Waals surface area contributed by atoms with Crippen LogP contribution < -0.4 is 0 Å². The molecule has 0 radical (unpaired) electrons. The molecule has 1 aromatic heterocycles. The van der Waals surface area contributed by atoms with Crippen molar-refractivity contribution in [3.05, 3.63) is 47.8 Å². The zero-order valence-corrected chi connectivity index (χ0v) is 10.4. The van der Waals surface area contributed by atoms with Gasteiger partial charge in [-0.3, -0.25) is 0 Å². The van der Waals surface area contributed by atoms with E-state index in [0.717, 1.165) is 11.3 Å². The Hall–Kier alpha value is -1.70. The fourth-order valence-electron chi connectivity index (χ4n) is 1.53. The molecule has 0 unspecified atom stereocenters. The van der Waals surface area contributed by atoms with Gasteiger partial charge in [0.15, 0.2) is 5.82 Å². The lowest BCUT2D eigenvalue weighted by atomic mass is 9.92. The predicted molar refractivity (Wildman–Crippen MR) is 70.9 cm³/mol. The van der Waals surface area contributed by atoms with Crippen molar-refractivity contribution in [1.29, 1.82) is 0 Å². The van der Waals surface area contributed by atoms with Crippen LogP contribution in [-0.4, -0.2) is 9.97 Å². The number of aryl methyl sites for hydroxylation is 1. The van der Waals surface area contributed by atoms with Crippen LogP contribution in [0.1, 0.15) is 36.1 Å². The summed E-state index contributed by atoms with van der Waals surface area (Å²) in [6.07, 6.45) is 1.74. The van der Waals surface area contributed by atoms with Gasteiger partial charge in [-0.1, -0.05) is 50.6 Å². The summed E-state index contributed by atoms with van der Waals surface area (Å²) < 4.78 is 22.1. The van der Waals surface area contributed by atoms with Gasteiger partial charge in [0, 0.05) is 27.0 Å². The molecule has 1 heterocycles. The SMILES string of the molecule is [2H]C([2H])([2H])c1ccc(-c2nccc(C(C)(C)C)n2)cc1. The standard InChI is InChI=1S/C15H18N2/c1-11-5-7-12(8-6-11)14-16-10-9-13(17-14)15(2,3)4/h5-10H,1-4H3/i1D3. The molecule has 0 fully saturated rings. The number of aromatic nitrogens is 2. The first-order chi connectivity index (χ1) is 9.18. The first-order valence-electron chi connectivity index (χ1n) is 7.12. The van der Waals surface area contributed by atoms with Gasteiger partial charge in [-0.25, -0.2) is 9.97 Å². The molecule has 0 saturated carbocycles. The van der Waals surface area contributed by atoms with E-state index in [0.29, 0.717) is 11.4 Å². The Labute approximate surface area is 107 Å². The third kappa shape index (κ3) is 2.70. The summed E-state index contributed by atoms with van der Waals surface area (Å²) in [5.74, 6) is 0.620. The van der Waals surface area contributed by atoms with Gasteiger partial charge in [-0.05, 0) is 12.9 Å². The summed E-state index contributed by atoms with van der Waals surface area (Å²) >= 11 is 0. The van der Waals surface area contributed by atoms with Crippen LogP contribution in [0.2, 0.25) is 0 Å². The maximum Gasteiger partial charge on any atom is 0.159 e. The van der Waals surface area contributed by atoms with Crippen LogP contribution in [0.5, 0.6) is 0 Å². The minimum absolute atomic E-state index is 0.0453. The summed E-state index contributed by atoms with van der Waals surface area (Å²) in [5.41, 5.74) is 2.07. The second kappa shape index (κ2) is 4.28. The number of nitrogens with zero attached hydrogens (tertiary/aromatic N) is 2. The summed E-state index contributed by atoms with van der Waals surface area (Å²) in [7, 11) is 0. The Balaban J connectivity index is 2.38. The molecule has 88 valence electrons. The number of benzene rings is 1. The van der Waals surface area contributed by atoms with E-state index in [4.69, 9.17) is 4.11 Å². The quantitative estimate of drug-likeness (QED) is 0.744. The van der Waals surface area contributed by atoms with Gasteiger partial charge in [0.25, 0.3) is 0 Å². The Bertz CT molecular complexity index is 596. The van der Waals surface area contributed by atoms with Crippen molar-refractivity contribution in [2.75, 3.05) is 0 Å². The lowest BCUT2D eigenvalue weighted by molar-refractivity contribution is 0.568. The van der Waals surface area contributed by atoms with Crippen molar-refractivity contribution in [2.45, 2.75) is 33.0 Å². The topological polar surface area (TPSA) is 25.8 Å². The molecule has 2 rings (SSSR count). The minimum Gasteiger partial charge on any atom is -0.237 e. The smallest absolute Gasteiger partial charge is 0.159 e. The fraction of sp³-hybridized carbons (Fsp3) is 0.333. The summed E-state index contributed by atoms with van der Waals surface area (Å²) in [6.45, 7) is 4.21. The van der Waals surface area contributed by atoms with Gasteiger partial charge >= 0.3 is 0 Å². The van der Waals surface area contributed by atoms with E-state index >= 15 is 0 Å². The number of hydrogen-bond acceptors (Lipinski definition) is 2. The summed E-state index contributed by atoms with van der Waals surface area (Å²) in [4.78, 5) is 8.82. The molecule has 17 heavy (non-hydrogen) atoms. The average molecular weight is 229 g/mol. The normalized spacial score (nSPS) is 14.9. The van der Waals surface area contributed by atoms with Crippen molar-refractivity contribution in [1.82, 2.24) is 9.97 Å². The van der Waals surface area contributed by atoms with Gasteiger partial charge < -0.3 is 0 Å². The first kappa shape index (κ1) is 8.40. The van der Waals surface area contributed by atoms with Crippen LogP contribution in [0.4, 0.5) is 0 Å². The van der Waals surface area contributed by atoms with E-state index in [2.05, 4.69) is 30.7 Å². The molecule has 2 nitrogen and oxygen atoms in total. The highest BCUT2D eigenvalue weighted by atomic mass is 14.9. The monoisotopic (exact) mass is 229 g/mol. The molecular weight excluding hydrogens is 208 g/mol. The molecule has 0 N–H and O–H groups in total. The molecule has 0 aliphatic rings. The number of hydrogen-bond donors (Lipinski definition) is 0. The zero-order valence-electron chi connectivity index (χ0n) is 13.4. The lowest BCUT2D eigenvalue weighted by Gasteiger charge is -2.17. The largest absolute Gasteiger partial charge is 0.237 e. The van der Waals surface area contributed by atoms with Crippen molar-refractivity contribution in [3.8, 4) is 11.4 Å². The van der Waals surface area contributed by atoms with Crippen molar-refractivity contribution in [2.24, 2.45) is 0 Å². The Morgan fingerprint density at radius 2 is 1.76 bits per heavy atom. The second-order valence-corrected chi connectivity index (χ2v) is 5.09. The molecule has 0 spiro atoms. The van der Waals surface area contributed by atoms with E-state index in [-0.39, 0.29) is 5.41 Å². The molecule has 0 aliphatic carbocycles. The van der Waals surface area contributed by atoms with Crippen LogP contribution in [0.3, 0.4) is 0 Å². The Morgan fingerprint density at radius 3 is 2.35 bits per heavy atom. The Kier molecular flexibility index (Phi) is 2.12. The molecule has 2 heteroatoms. The molecule has 0 aliphatic heterocycles. The van der Waals surface area contributed by atoms with E-state index in [1.807, 2.05) is 6.07 Å². The Morgan fingerprint density at radius 1 is 1.06 bits per heavy atom. The molecule has 0 bridgehead atoms.